The number of ether oxygens (including phenoxy) is 1. The molecule has 1 aliphatic rings. The van der Waals surface area contributed by atoms with Crippen LogP contribution in [-0.2, 0) is 14.3 Å². The quantitative estimate of drug-likeness (QED) is 0.581. The van der Waals surface area contributed by atoms with Gasteiger partial charge in [-0.05, 0) is 13.8 Å². The molecule has 0 amide bonds. The highest BCUT2D eigenvalue weighted by molar-refractivity contribution is 6.47. The van der Waals surface area contributed by atoms with Crippen LogP contribution in [0.3, 0.4) is 0 Å². The number of rotatable bonds is 3. The molecule has 1 fully saturated rings. The predicted octanol–water partition coefficient (Wildman–Crippen LogP) is -0.493. The monoisotopic (exact) mass is 171 g/mol. The predicted molar refractivity (Wildman–Crippen MR) is 42.6 cm³/mol. The highest BCUT2D eigenvalue weighted by Gasteiger charge is 2.51. The third kappa shape index (κ3) is 1.28. The van der Waals surface area contributed by atoms with Crippen molar-refractivity contribution >= 4 is 11.6 Å². The molecule has 2 unspecified atom stereocenters. The number of Topliss-reactive ketones (excluding diaryl/α,β-unsaturated/α-hetero) is 2. The Morgan fingerprint density at radius 2 is 2.08 bits per heavy atom. The van der Waals surface area contributed by atoms with Crippen LogP contribution in [0.5, 0.6) is 0 Å². The lowest BCUT2D eigenvalue weighted by Gasteiger charge is -2.34. The molecule has 0 aliphatic heterocycles. The molecule has 4 nitrogen and oxygen atoms in total. The maximum atomic E-state index is 11.0. The Morgan fingerprint density at radius 3 is 2.50 bits per heavy atom. The maximum absolute atomic E-state index is 11.0. The highest BCUT2D eigenvalue weighted by Crippen LogP contribution is 2.25. The number of carbonyl (C=O) groups is 2. The number of nitrogens with two attached hydrogens (primary N) is 1. The molecule has 68 valence electrons. The fourth-order valence-corrected chi connectivity index (χ4v) is 1.38. The second-order valence-electron chi connectivity index (χ2n) is 2.99. The summed E-state index contributed by atoms with van der Waals surface area (Å²) < 4.78 is 5.08. The molecule has 0 saturated heterocycles. The topological polar surface area (TPSA) is 69.4 Å². The third-order valence-electron chi connectivity index (χ3n) is 2.04. The summed E-state index contributed by atoms with van der Waals surface area (Å²) in [5.41, 5.74) is 5.52. The van der Waals surface area contributed by atoms with E-state index in [0.29, 0.717) is 6.61 Å². The summed E-state index contributed by atoms with van der Waals surface area (Å²) in [6.07, 6.45) is -0.581. The summed E-state index contributed by atoms with van der Waals surface area (Å²) in [7, 11) is 0. The Balaban J connectivity index is 2.62. The Kier molecular flexibility index (Phi) is 2.59. The van der Waals surface area contributed by atoms with Gasteiger partial charge in [-0.3, -0.25) is 9.59 Å². The molecule has 0 heterocycles. The van der Waals surface area contributed by atoms with Crippen molar-refractivity contribution in [3.63, 3.8) is 0 Å². The van der Waals surface area contributed by atoms with Gasteiger partial charge in [0.2, 0.25) is 11.6 Å². The summed E-state index contributed by atoms with van der Waals surface area (Å²) in [6, 6.07) is -0.299. The Morgan fingerprint density at radius 1 is 1.50 bits per heavy atom. The first kappa shape index (κ1) is 9.35. The van der Waals surface area contributed by atoms with E-state index in [4.69, 9.17) is 10.5 Å². The average molecular weight is 171 g/mol. The number of carbonyl (C=O) groups excluding carboxylic acids is 2. The van der Waals surface area contributed by atoms with Crippen LogP contribution >= 0.6 is 0 Å². The van der Waals surface area contributed by atoms with E-state index in [1.165, 1.54) is 0 Å². The van der Waals surface area contributed by atoms with Crippen LogP contribution in [-0.4, -0.2) is 30.3 Å². The van der Waals surface area contributed by atoms with Crippen LogP contribution in [0.25, 0.3) is 0 Å². The van der Waals surface area contributed by atoms with Crippen LogP contribution in [0, 0.1) is 5.92 Å². The molecule has 2 N–H and O–H groups in total. The lowest BCUT2D eigenvalue weighted by Crippen LogP contribution is -2.60. The van der Waals surface area contributed by atoms with Gasteiger partial charge in [0, 0.05) is 12.6 Å². The zero-order valence-electron chi connectivity index (χ0n) is 7.24. The van der Waals surface area contributed by atoms with Crippen molar-refractivity contribution in [1.29, 1.82) is 0 Å². The van der Waals surface area contributed by atoms with Gasteiger partial charge in [-0.25, -0.2) is 0 Å². The normalized spacial score (nSPS) is 31.6. The molecule has 0 bridgehead atoms. The fourth-order valence-electron chi connectivity index (χ4n) is 1.38. The lowest BCUT2D eigenvalue weighted by atomic mass is 9.75. The Bertz CT molecular complexity index is 212. The molecule has 1 aliphatic carbocycles. The van der Waals surface area contributed by atoms with E-state index in [-0.39, 0.29) is 11.8 Å². The first-order valence-electron chi connectivity index (χ1n) is 4.04. The molecular formula is C8H13NO3. The van der Waals surface area contributed by atoms with E-state index in [1.807, 2.05) is 0 Å². The van der Waals surface area contributed by atoms with Crippen molar-refractivity contribution in [1.82, 2.24) is 0 Å². The second kappa shape index (κ2) is 3.33. The molecule has 0 radical (unpaired) electrons. The molecule has 12 heavy (non-hydrogen) atoms. The number of hydrogen-bond acceptors (Lipinski definition) is 4. The average Bonchev–Trinajstić information content (AvgIpc) is 2.02. The van der Waals surface area contributed by atoms with Gasteiger partial charge in [-0.1, -0.05) is 0 Å². The smallest absolute Gasteiger partial charge is 0.228 e. The first-order valence-corrected chi connectivity index (χ1v) is 4.04. The summed E-state index contributed by atoms with van der Waals surface area (Å²) in [5, 5.41) is 0. The van der Waals surface area contributed by atoms with Gasteiger partial charge >= 0.3 is 0 Å². The van der Waals surface area contributed by atoms with Gasteiger partial charge in [-0.2, -0.15) is 0 Å². The minimum absolute atomic E-state index is 0.299. The number of hydrogen-bond donors (Lipinski definition) is 1. The SMILES string of the molecule is CCO[C@@H]1C(=O)C(=O)C1C(C)N. The fraction of sp³-hybridized carbons (Fsp3) is 0.750. The molecule has 3 atom stereocenters. The standard InChI is InChI=1S/C8H13NO3/c1-3-12-8-5(4(2)9)6(10)7(8)11/h4-5,8H,3,9H2,1-2H3/t4?,5?,8-/m0/s1. The van der Waals surface area contributed by atoms with Crippen molar-refractivity contribution in [2.24, 2.45) is 11.7 Å². The van der Waals surface area contributed by atoms with E-state index in [9.17, 15) is 9.59 Å². The largest absolute Gasteiger partial charge is 0.369 e. The van der Waals surface area contributed by atoms with Crippen molar-refractivity contribution in [2.75, 3.05) is 6.61 Å². The highest BCUT2D eigenvalue weighted by atomic mass is 16.5. The maximum Gasteiger partial charge on any atom is 0.228 e. The molecular weight excluding hydrogens is 158 g/mol. The van der Waals surface area contributed by atoms with Crippen molar-refractivity contribution in [2.45, 2.75) is 26.0 Å². The molecule has 0 aromatic carbocycles. The van der Waals surface area contributed by atoms with Crippen LogP contribution in [0.1, 0.15) is 13.8 Å². The summed E-state index contributed by atoms with van der Waals surface area (Å²) in [5.74, 6) is -1.24. The van der Waals surface area contributed by atoms with Crippen LogP contribution in [0.15, 0.2) is 0 Å². The van der Waals surface area contributed by atoms with Crippen LogP contribution in [0.4, 0.5) is 0 Å². The summed E-state index contributed by atoms with van der Waals surface area (Å²) in [6.45, 7) is 3.93. The van der Waals surface area contributed by atoms with Gasteiger partial charge < -0.3 is 10.5 Å². The van der Waals surface area contributed by atoms with Crippen molar-refractivity contribution in [3.05, 3.63) is 0 Å². The zero-order valence-corrected chi connectivity index (χ0v) is 7.24. The first-order chi connectivity index (χ1) is 5.59. The summed E-state index contributed by atoms with van der Waals surface area (Å²) in [4.78, 5) is 21.9. The van der Waals surface area contributed by atoms with E-state index in [0.717, 1.165) is 0 Å². The lowest BCUT2D eigenvalue weighted by molar-refractivity contribution is -0.163. The molecule has 4 heteroatoms. The second-order valence-corrected chi connectivity index (χ2v) is 2.99. The summed E-state index contributed by atoms with van der Waals surface area (Å²) >= 11 is 0. The van der Waals surface area contributed by atoms with Gasteiger partial charge in [0.1, 0.15) is 6.10 Å². The van der Waals surface area contributed by atoms with Crippen molar-refractivity contribution in [3.8, 4) is 0 Å². The molecule has 1 saturated carbocycles. The van der Waals surface area contributed by atoms with E-state index in [1.54, 1.807) is 13.8 Å². The van der Waals surface area contributed by atoms with E-state index < -0.39 is 17.8 Å². The molecule has 0 aromatic heterocycles. The van der Waals surface area contributed by atoms with Crippen LogP contribution in [0.2, 0.25) is 0 Å². The minimum atomic E-state index is -0.581. The van der Waals surface area contributed by atoms with E-state index in [2.05, 4.69) is 0 Å². The van der Waals surface area contributed by atoms with Gasteiger partial charge in [0.05, 0.1) is 5.92 Å². The van der Waals surface area contributed by atoms with Gasteiger partial charge in [-0.15, -0.1) is 0 Å². The van der Waals surface area contributed by atoms with E-state index >= 15 is 0 Å². The van der Waals surface area contributed by atoms with Crippen LogP contribution < -0.4 is 5.73 Å². The molecule has 0 aromatic rings. The van der Waals surface area contributed by atoms with Crippen molar-refractivity contribution < 1.29 is 14.3 Å². The van der Waals surface area contributed by atoms with Gasteiger partial charge in [0.15, 0.2) is 0 Å². The Labute approximate surface area is 71.1 Å². The number of ketones is 2. The molecule has 0 spiro atoms. The molecule has 1 rings (SSSR count). The minimum Gasteiger partial charge on any atom is -0.369 e. The third-order valence-corrected chi connectivity index (χ3v) is 2.04. The van der Waals surface area contributed by atoms with Gasteiger partial charge in [0.25, 0.3) is 0 Å². The Hall–Kier alpha value is -0.740. The zero-order chi connectivity index (χ0) is 9.30.